The number of rotatable bonds is 4. The number of aryl methyl sites for hydroxylation is 2. The quantitative estimate of drug-likeness (QED) is 0.360. The van der Waals surface area contributed by atoms with Gasteiger partial charge in [-0.25, -0.2) is 15.0 Å². The summed E-state index contributed by atoms with van der Waals surface area (Å²) in [7, 11) is 0. The molecule has 0 saturated carbocycles. The number of hydrogen-bond acceptors (Lipinski definition) is 5. The minimum absolute atomic E-state index is 0.626. The van der Waals surface area contributed by atoms with E-state index in [2.05, 4.69) is 11.2 Å². The molecule has 5 heteroatoms. The highest BCUT2D eigenvalue weighted by Gasteiger charge is 2.15. The lowest BCUT2D eigenvalue weighted by Crippen LogP contribution is -2.00. The third-order valence-corrected chi connectivity index (χ3v) is 5.14. The Morgan fingerprint density at radius 1 is 0.548 bits per heavy atom. The Bertz CT molecular complexity index is 1270. The van der Waals surface area contributed by atoms with E-state index in [9.17, 15) is 0 Å². The van der Waals surface area contributed by atoms with Crippen molar-refractivity contribution in [1.29, 1.82) is 0 Å². The summed E-state index contributed by atoms with van der Waals surface area (Å²) >= 11 is 0. The average molecular weight is 404 g/mol. The standard InChI is InChI=1S/C26H20N4O/c1-17-23(18(2)31-30-17)21-14-9-15-22(16-21)26-28-24(19-10-5-3-6-11-19)27-25(29-26)20-12-7-4-8-13-20/h3-16H,1-2H3. The predicted octanol–water partition coefficient (Wildman–Crippen LogP) is 6.14. The second-order valence-electron chi connectivity index (χ2n) is 7.32. The van der Waals surface area contributed by atoms with Crippen LogP contribution in [0.5, 0.6) is 0 Å². The van der Waals surface area contributed by atoms with Crippen molar-refractivity contribution in [1.82, 2.24) is 20.1 Å². The maximum atomic E-state index is 5.36. The molecule has 0 atom stereocenters. The summed E-state index contributed by atoms with van der Waals surface area (Å²) < 4.78 is 5.36. The van der Waals surface area contributed by atoms with Crippen molar-refractivity contribution < 1.29 is 4.52 Å². The van der Waals surface area contributed by atoms with E-state index in [1.54, 1.807) is 0 Å². The van der Waals surface area contributed by atoms with Gasteiger partial charge in [-0.05, 0) is 25.5 Å². The van der Waals surface area contributed by atoms with Crippen molar-refractivity contribution in [3.63, 3.8) is 0 Å². The molecule has 2 aromatic heterocycles. The molecular formula is C26H20N4O. The smallest absolute Gasteiger partial charge is 0.164 e. The number of nitrogens with zero attached hydrogens (tertiary/aromatic N) is 4. The van der Waals surface area contributed by atoms with Crippen LogP contribution in [0.1, 0.15) is 11.5 Å². The van der Waals surface area contributed by atoms with E-state index in [1.165, 1.54) is 0 Å². The Morgan fingerprint density at radius 3 is 1.55 bits per heavy atom. The van der Waals surface area contributed by atoms with E-state index < -0.39 is 0 Å². The van der Waals surface area contributed by atoms with Gasteiger partial charge in [0.05, 0.1) is 5.69 Å². The van der Waals surface area contributed by atoms with Gasteiger partial charge >= 0.3 is 0 Å². The van der Waals surface area contributed by atoms with E-state index in [-0.39, 0.29) is 0 Å². The fourth-order valence-electron chi connectivity index (χ4n) is 3.65. The molecule has 0 spiro atoms. The van der Waals surface area contributed by atoms with E-state index in [0.717, 1.165) is 39.3 Å². The molecule has 5 rings (SSSR count). The van der Waals surface area contributed by atoms with Gasteiger partial charge in [-0.15, -0.1) is 0 Å². The lowest BCUT2D eigenvalue weighted by atomic mass is 10.0. The largest absolute Gasteiger partial charge is 0.361 e. The van der Waals surface area contributed by atoms with Gasteiger partial charge in [0.2, 0.25) is 0 Å². The van der Waals surface area contributed by atoms with Crippen LogP contribution in [0.15, 0.2) is 89.5 Å². The van der Waals surface area contributed by atoms with E-state index in [1.807, 2.05) is 92.7 Å². The maximum Gasteiger partial charge on any atom is 0.164 e. The Hall–Kier alpha value is -4.12. The molecule has 0 radical (unpaired) electrons. The van der Waals surface area contributed by atoms with Gasteiger partial charge in [-0.3, -0.25) is 0 Å². The minimum Gasteiger partial charge on any atom is -0.361 e. The highest BCUT2D eigenvalue weighted by atomic mass is 16.5. The summed E-state index contributed by atoms with van der Waals surface area (Å²) in [6, 6.07) is 28.1. The van der Waals surface area contributed by atoms with Crippen molar-refractivity contribution in [2.75, 3.05) is 0 Å². The number of hydrogen-bond donors (Lipinski definition) is 0. The van der Waals surface area contributed by atoms with Crippen LogP contribution in [-0.2, 0) is 0 Å². The molecule has 3 aromatic carbocycles. The first-order chi connectivity index (χ1) is 15.2. The van der Waals surface area contributed by atoms with Gasteiger partial charge in [-0.2, -0.15) is 0 Å². The maximum absolute atomic E-state index is 5.36. The lowest BCUT2D eigenvalue weighted by Gasteiger charge is -2.09. The summed E-state index contributed by atoms with van der Waals surface area (Å²) in [5, 5.41) is 4.09. The second-order valence-corrected chi connectivity index (χ2v) is 7.32. The lowest BCUT2D eigenvalue weighted by molar-refractivity contribution is 0.393. The van der Waals surface area contributed by atoms with Gasteiger partial charge in [0, 0.05) is 22.3 Å². The van der Waals surface area contributed by atoms with Crippen molar-refractivity contribution in [2.45, 2.75) is 13.8 Å². The van der Waals surface area contributed by atoms with Crippen molar-refractivity contribution >= 4 is 0 Å². The van der Waals surface area contributed by atoms with E-state index in [0.29, 0.717) is 17.5 Å². The van der Waals surface area contributed by atoms with Crippen molar-refractivity contribution in [2.24, 2.45) is 0 Å². The highest BCUT2D eigenvalue weighted by Crippen LogP contribution is 2.31. The van der Waals surface area contributed by atoms with Crippen LogP contribution in [0.2, 0.25) is 0 Å². The van der Waals surface area contributed by atoms with E-state index in [4.69, 9.17) is 19.5 Å². The molecule has 0 aliphatic heterocycles. The van der Waals surface area contributed by atoms with Gasteiger partial charge in [0.25, 0.3) is 0 Å². The van der Waals surface area contributed by atoms with Crippen LogP contribution in [0.25, 0.3) is 45.3 Å². The summed E-state index contributed by atoms with van der Waals surface area (Å²) in [4.78, 5) is 14.4. The first-order valence-electron chi connectivity index (χ1n) is 10.1. The van der Waals surface area contributed by atoms with Crippen LogP contribution in [0.3, 0.4) is 0 Å². The molecule has 0 aliphatic carbocycles. The molecule has 2 heterocycles. The summed E-state index contributed by atoms with van der Waals surface area (Å²) in [5.41, 5.74) is 5.70. The van der Waals surface area contributed by atoms with Crippen LogP contribution in [0.4, 0.5) is 0 Å². The van der Waals surface area contributed by atoms with Crippen molar-refractivity contribution in [3.05, 3.63) is 96.4 Å². The van der Waals surface area contributed by atoms with Crippen LogP contribution in [0, 0.1) is 13.8 Å². The average Bonchev–Trinajstić information content (AvgIpc) is 3.18. The van der Waals surface area contributed by atoms with Gasteiger partial charge in [0.1, 0.15) is 5.76 Å². The first-order valence-corrected chi connectivity index (χ1v) is 10.1. The molecular weight excluding hydrogens is 384 g/mol. The van der Waals surface area contributed by atoms with Gasteiger partial charge < -0.3 is 4.52 Å². The molecule has 0 fully saturated rings. The Morgan fingerprint density at radius 2 is 1.03 bits per heavy atom. The summed E-state index contributed by atoms with van der Waals surface area (Å²) in [6.07, 6.45) is 0. The second kappa shape index (κ2) is 7.95. The Labute approximate surface area is 180 Å². The molecule has 0 unspecified atom stereocenters. The Kier molecular flexibility index (Phi) is 4.84. The number of benzene rings is 3. The molecule has 31 heavy (non-hydrogen) atoms. The highest BCUT2D eigenvalue weighted by molar-refractivity contribution is 5.74. The fraction of sp³-hybridized carbons (Fsp3) is 0.0769. The van der Waals surface area contributed by atoms with Gasteiger partial charge in [-0.1, -0.05) is 84.0 Å². The van der Waals surface area contributed by atoms with Crippen molar-refractivity contribution in [3.8, 4) is 45.3 Å². The summed E-state index contributed by atoms with van der Waals surface area (Å²) in [5.74, 6) is 2.71. The zero-order valence-corrected chi connectivity index (χ0v) is 17.3. The fourth-order valence-corrected chi connectivity index (χ4v) is 3.65. The molecule has 5 nitrogen and oxygen atoms in total. The zero-order chi connectivity index (χ0) is 21.2. The molecule has 0 aliphatic rings. The third kappa shape index (κ3) is 3.73. The van der Waals surface area contributed by atoms with Crippen LogP contribution < -0.4 is 0 Å². The summed E-state index contributed by atoms with van der Waals surface area (Å²) in [6.45, 7) is 3.87. The van der Waals surface area contributed by atoms with Gasteiger partial charge in [0.15, 0.2) is 17.5 Å². The molecule has 150 valence electrons. The molecule has 0 saturated heterocycles. The number of aromatic nitrogens is 4. The Balaban J connectivity index is 1.68. The van der Waals surface area contributed by atoms with E-state index >= 15 is 0 Å². The molecule has 0 bridgehead atoms. The first kappa shape index (κ1) is 18.9. The normalized spacial score (nSPS) is 10.9. The third-order valence-electron chi connectivity index (χ3n) is 5.14. The SMILES string of the molecule is Cc1noc(C)c1-c1cccc(-c2nc(-c3ccccc3)nc(-c3ccccc3)n2)c1. The van der Waals surface area contributed by atoms with Crippen LogP contribution in [-0.4, -0.2) is 20.1 Å². The predicted molar refractivity (Wildman–Crippen MR) is 121 cm³/mol. The van der Waals surface area contributed by atoms with Crippen LogP contribution >= 0.6 is 0 Å². The molecule has 5 aromatic rings. The molecule has 0 amide bonds. The molecule has 0 N–H and O–H groups in total. The zero-order valence-electron chi connectivity index (χ0n) is 17.3. The monoisotopic (exact) mass is 404 g/mol. The minimum atomic E-state index is 0.626. The topological polar surface area (TPSA) is 64.7 Å².